The average molecular weight is 152 g/mol. The molecule has 0 saturated heterocycles. The number of hydrogen-bond acceptors (Lipinski definition) is 2. The second kappa shape index (κ2) is 3.34. The van der Waals surface area contributed by atoms with Gasteiger partial charge in [-0.3, -0.25) is 4.68 Å². The van der Waals surface area contributed by atoms with Gasteiger partial charge in [-0.2, -0.15) is 5.10 Å². The van der Waals surface area contributed by atoms with Crippen molar-refractivity contribution in [3.8, 4) is 0 Å². The lowest BCUT2D eigenvalue weighted by atomic mass is 10.3. The van der Waals surface area contributed by atoms with E-state index in [0.29, 0.717) is 0 Å². The SMILES string of the molecule is CC(O)/C=C/c1cnn(C)c1. The first-order valence-corrected chi connectivity index (χ1v) is 3.53. The van der Waals surface area contributed by atoms with Gasteiger partial charge in [0.15, 0.2) is 0 Å². The third-order valence-corrected chi connectivity index (χ3v) is 1.29. The van der Waals surface area contributed by atoms with Crippen LogP contribution in [-0.2, 0) is 7.05 Å². The van der Waals surface area contributed by atoms with E-state index in [2.05, 4.69) is 5.10 Å². The van der Waals surface area contributed by atoms with Gasteiger partial charge in [-0.05, 0) is 6.92 Å². The fraction of sp³-hybridized carbons (Fsp3) is 0.375. The van der Waals surface area contributed by atoms with Crippen LogP contribution in [-0.4, -0.2) is 21.0 Å². The van der Waals surface area contributed by atoms with Gasteiger partial charge in [-0.25, -0.2) is 0 Å². The highest BCUT2D eigenvalue weighted by Crippen LogP contribution is 1.99. The summed E-state index contributed by atoms with van der Waals surface area (Å²) >= 11 is 0. The first-order valence-electron chi connectivity index (χ1n) is 3.53. The van der Waals surface area contributed by atoms with Crippen LogP contribution >= 0.6 is 0 Å². The molecule has 1 N–H and O–H groups in total. The van der Waals surface area contributed by atoms with Crippen LogP contribution < -0.4 is 0 Å². The van der Waals surface area contributed by atoms with Gasteiger partial charge in [0.25, 0.3) is 0 Å². The van der Waals surface area contributed by atoms with Crippen molar-refractivity contribution in [1.29, 1.82) is 0 Å². The zero-order valence-electron chi connectivity index (χ0n) is 6.73. The topological polar surface area (TPSA) is 38.1 Å². The largest absolute Gasteiger partial charge is 0.389 e. The quantitative estimate of drug-likeness (QED) is 0.681. The van der Waals surface area contributed by atoms with E-state index >= 15 is 0 Å². The molecule has 1 aromatic heterocycles. The Morgan fingerprint density at radius 1 is 1.73 bits per heavy atom. The molecule has 0 fully saturated rings. The Morgan fingerprint density at radius 2 is 2.45 bits per heavy atom. The lowest BCUT2D eigenvalue weighted by Gasteiger charge is -1.90. The molecule has 0 radical (unpaired) electrons. The Morgan fingerprint density at radius 3 is 2.91 bits per heavy atom. The first kappa shape index (κ1) is 8.01. The molecule has 0 aliphatic rings. The van der Waals surface area contributed by atoms with Crippen molar-refractivity contribution in [3.63, 3.8) is 0 Å². The monoisotopic (exact) mass is 152 g/mol. The third-order valence-electron chi connectivity index (χ3n) is 1.29. The van der Waals surface area contributed by atoms with Crippen LogP contribution in [0.2, 0.25) is 0 Å². The number of aliphatic hydroxyl groups excluding tert-OH is 1. The Kier molecular flexibility index (Phi) is 2.44. The second-order valence-electron chi connectivity index (χ2n) is 2.55. The highest BCUT2D eigenvalue weighted by molar-refractivity contribution is 5.46. The van der Waals surface area contributed by atoms with Crippen molar-refractivity contribution in [2.75, 3.05) is 0 Å². The number of aromatic nitrogens is 2. The van der Waals surface area contributed by atoms with Crippen molar-refractivity contribution in [1.82, 2.24) is 9.78 Å². The molecule has 11 heavy (non-hydrogen) atoms. The number of aryl methyl sites for hydroxylation is 1. The molecule has 0 aliphatic carbocycles. The standard InChI is InChI=1S/C8H12N2O/c1-7(11)3-4-8-5-9-10(2)6-8/h3-7,11H,1-2H3/b4-3+. The Labute approximate surface area is 66.0 Å². The van der Waals surface area contributed by atoms with Crippen molar-refractivity contribution < 1.29 is 5.11 Å². The summed E-state index contributed by atoms with van der Waals surface area (Å²) in [5.41, 5.74) is 1.01. The summed E-state index contributed by atoms with van der Waals surface area (Å²) in [7, 11) is 1.86. The van der Waals surface area contributed by atoms with Crippen molar-refractivity contribution in [3.05, 3.63) is 24.0 Å². The summed E-state index contributed by atoms with van der Waals surface area (Å²) in [6.45, 7) is 1.72. The van der Waals surface area contributed by atoms with Crippen LogP contribution in [0.15, 0.2) is 18.5 Å². The molecule has 1 atom stereocenters. The third kappa shape index (κ3) is 2.55. The molecule has 1 unspecified atom stereocenters. The molecule has 3 nitrogen and oxygen atoms in total. The van der Waals surface area contributed by atoms with Crippen LogP contribution in [0.25, 0.3) is 6.08 Å². The summed E-state index contributed by atoms with van der Waals surface area (Å²) in [4.78, 5) is 0. The predicted octanol–water partition coefficient (Wildman–Crippen LogP) is 0.814. The normalized spacial score (nSPS) is 14.1. The summed E-state index contributed by atoms with van der Waals surface area (Å²) in [5, 5.41) is 12.9. The Balaban J connectivity index is 2.64. The molecule has 0 spiro atoms. The van der Waals surface area contributed by atoms with Gasteiger partial charge in [-0.1, -0.05) is 12.2 Å². The van der Waals surface area contributed by atoms with Crippen LogP contribution in [0.1, 0.15) is 12.5 Å². The van der Waals surface area contributed by atoms with Gasteiger partial charge in [0.05, 0.1) is 12.3 Å². The maximum atomic E-state index is 8.91. The number of nitrogens with zero attached hydrogens (tertiary/aromatic N) is 2. The minimum atomic E-state index is -0.393. The Bertz CT molecular complexity index is 250. The van der Waals surface area contributed by atoms with E-state index in [-0.39, 0.29) is 0 Å². The maximum Gasteiger partial charge on any atom is 0.0696 e. The van der Waals surface area contributed by atoms with E-state index in [1.54, 1.807) is 23.9 Å². The molecule has 0 bridgehead atoms. The molecule has 0 saturated carbocycles. The van der Waals surface area contributed by atoms with Crippen LogP contribution in [0.3, 0.4) is 0 Å². The molecule has 0 aromatic carbocycles. The summed E-state index contributed by atoms with van der Waals surface area (Å²) in [6, 6.07) is 0. The summed E-state index contributed by atoms with van der Waals surface area (Å²) in [5.74, 6) is 0. The fourth-order valence-electron chi connectivity index (χ4n) is 0.777. The van der Waals surface area contributed by atoms with E-state index in [4.69, 9.17) is 5.11 Å². The Hall–Kier alpha value is -1.09. The second-order valence-corrected chi connectivity index (χ2v) is 2.55. The smallest absolute Gasteiger partial charge is 0.0696 e. The molecule has 60 valence electrons. The van der Waals surface area contributed by atoms with Gasteiger partial charge in [0.2, 0.25) is 0 Å². The van der Waals surface area contributed by atoms with E-state index in [1.165, 1.54) is 0 Å². The van der Waals surface area contributed by atoms with Crippen LogP contribution in [0.5, 0.6) is 0 Å². The molecule has 1 aromatic rings. The minimum absolute atomic E-state index is 0.393. The maximum absolute atomic E-state index is 8.91. The van der Waals surface area contributed by atoms with Gasteiger partial charge < -0.3 is 5.11 Å². The van der Waals surface area contributed by atoms with Gasteiger partial charge in [0.1, 0.15) is 0 Å². The molecule has 1 rings (SSSR count). The van der Waals surface area contributed by atoms with Crippen molar-refractivity contribution in [2.45, 2.75) is 13.0 Å². The van der Waals surface area contributed by atoms with E-state index in [0.717, 1.165) is 5.56 Å². The minimum Gasteiger partial charge on any atom is -0.389 e. The molecular weight excluding hydrogens is 140 g/mol. The van der Waals surface area contributed by atoms with Crippen LogP contribution in [0, 0.1) is 0 Å². The lowest BCUT2D eigenvalue weighted by Crippen LogP contribution is -1.90. The van der Waals surface area contributed by atoms with E-state index in [9.17, 15) is 0 Å². The highest BCUT2D eigenvalue weighted by Gasteiger charge is 1.90. The predicted molar refractivity (Wildman–Crippen MR) is 43.9 cm³/mol. The van der Waals surface area contributed by atoms with Crippen LogP contribution in [0.4, 0.5) is 0 Å². The lowest BCUT2D eigenvalue weighted by molar-refractivity contribution is 0.245. The van der Waals surface area contributed by atoms with Gasteiger partial charge in [0, 0.05) is 18.8 Å². The van der Waals surface area contributed by atoms with Gasteiger partial charge >= 0.3 is 0 Å². The van der Waals surface area contributed by atoms with E-state index < -0.39 is 6.10 Å². The molecule has 1 heterocycles. The zero-order valence-corrected chi connectivity index (χ0v) is 6.73. The molecule has 0 aliphatic heterocycles. The molecular formula is C8H12N2O. The zero-order chi connectivity index (χ0) is 8.27. The first-order chi connectivity index (χ1) is 5.18. The van der Waals surface area contributed by atoms with Crippen molar-refractivity contribution >= 4 is 6.08 Å². The van der Waals surface area contributed by atoms with Gasteiger partial charge in [-0.15, -0.1) is 0 Å². The van der Waals surface area contributed by atoms with Crippen molar-refractivity contribution in [2.24, 2.45) is 7.05 Å². The average Bonchev–Trinajstić information content (AvgIpc) is 2.31. The highest BCUT2D eigenvalue weighted by atomic mass is 16.3. The summed E-state index contributed by atoms with van der Waals surface area (Å²) < 4.78 is 1.72. The molecule has 3 heteroatoms. The summed E-state index contributed by atoms with van der Waals surface area (Å²) in [6.07, 6.45) is 6.81. The number of hydrogen-bond donors (Lipinski definition) is 1. The number of rotatable bonds is 2. The van der Waals surface area contributed by atoms with E-state index in [1.807, 2.05) is 19.3 Å². The fourth-order valence-corrected chi connectivity index (χ4v) is 0.777. The number of aliphatic hydroxyl groups is 1. The molecule has 0 amide bonds.